The number of anilines is 1. The number of carbonyl (C=O) groups is 2. The van der Waals surface area contributed by atoms with Crippen LogP contribution in [-0.4, -0.2) is 27.0 Å². The molecule has 0 aliphatic carbocycles. The van der Waals surface area contributed by atoms with Gasteiger partial charge in [-0.1, -0.05) is 0 Å². The third-order valence-electron chi connectivity index (χ3n) is 2.22. The summed E-state index contributed by atoms with van der Waals surface area (Å²) in [6.45, 7) is 0. The molecule has 2 aromatic rings. The zero-order valence-electron chi connectivity index (χ0n) is 9.20. The molecule has 0 radical (unpaired) electrons. The fourth-order valence-corrected chi connectivity index (χ4v) is 1.40. The van der Waals surface area contributed by atoms with Crippen molar-refractivity contribution < 1.29 is 14.7 Å². The number of nitrogens with zero attached hydrogens (tertiary/aromatic N) is 2. The Kier molecular flexibility index (Phi) is 3.29. The van der Waals surface area contributed by atoms with Gasteiger partial charge in [-0.15, -0.1) is 0 Å². The van der Waals surface area contributed by atoms with Crippen LogP contribution in [0.4, 0.5) is 5.69 Å². The van der Waals surface area contributed by atoms with Crippen molar-refractivity contribution in [2.45, 2.75) is 0 Å². The van der Waals surface area contributed by atoms with Gasteiger partial charge in [0.25, 0.3) is 5.91 Å². The summed E-state index contributed by atoms with van der Waals surface area (Å²) in [5, 5.41) is 11.5. The van der Waals surface area contributed by atoms with Crippen LogP contribution in [0, 0.1) is 0 Å². The smallest absolute Gasteiger partial charge is 0.338 e. The summed E-state index contributed by atoms with van der Waals surface area (Å²) in [6.07, 6.45) is 5.55. The molecule has 6 nitrogen and oxygen atoms in total. The van der Waals surface area contributed by atoms with Crippen LogP contribution in [0.2, 0.25) is 0 Å². The molecule has 1 amide bonds. The van der Waals surface area contributed by atoms with E-state index in [1.165, 1.54) is 18.5 Å². The molecule has 0 bridgehead atoms. The molecule has 0 unspecified atom stereocenters. The van der Waals surface area contributed by atoms with Crippen molar-refractivity contribution >= 4 is 17.6 Å². The second-order valence-electron chi connectivity index (χ2n) is 3.42. The summed E-state index contributed by atoms with van der Waals surface area (Å²) in [7, 11) is 0. The number of amides is 1. The number of aromatic carboxylic acids is 1. The molecule has 2 aromatic heterocycles. The Hall–Kier alpha value is -2.76. The number of rotatable bonds is 3. The molecule has 18 heavy (non-hydrogen) atoms. The maximum absolute atomic E-state index is 11.9. The van der Waals surface area contributed by atoms with E-state index in [1.807, 2.05) is 0 Å². The van der Waals surface area contributed by atoms with Crippen LogP contribution in [0.15, 0.2) is 43.0 Å². The van der Waals surface area contributed by atoms with Gasteiger partial charge in [0.05, 0.1) is 23.0 Å². The molecule has 90 valence electrons. The van der Waals surface area contributed by atoms with Gasteiger partial charge in [-0.05, 0) is 18.2 Å². The second kappa shape index (κ2) is 5.05. The first-order chi connectivity index (χ1) is 8.68. The average molecular weight is 243 g/mol. The molecular weight excluding hydrogens is 234 g/mol. The minimum atomic E-state index is -1.19. The van der Waals surface area contributed by atoms with Gasteiger partial charge in [0.1, 0.15) is 0 Å². The summed E-state index contributed by atoms with van der Waals surface area (Å²) in [4.78, 5) is 30.4. The van der Waals surface area contributed by atoms with E-state index in [9.17, 15) is 9.59 Å². The number of aromatic nitrogens is 2. The van der Waals surface area contributed by atoms with Crippen LogP contribution < -0.4 is 5.32 Å². The van der Waals surface area contributed by atoms with Gasteiger partial charge in [-0.25, -0.2) is 4.79 Å². The highest BCUT2D eigenvalue weighted by Crippen LogP contribution is 2.11. The summed E-state index contributed by atoms with van der Waals surface area (Å²) < 4.78 is 0. The first-order valence-electron chi connectivity index (χ1n) is 5.07. The van der Waals surface area contributed by atoms with E-state index in [2.05, 4.69) is 15.3 Å². The van der Waals surface area contributed by atoms with E-state index < -0.39 is 11.9 Å². The molecule has 0 spiro atoms. The second-order valence-corrected chi connectivity index (χ2v) is 3.42. The normalized spacial score (nSPS) is 9.78. The average Bonchev–Trinajstić information content (AvgIpc) is 2.40. The van der Waals surface area contributed by atoms with Crippen molar-refractivity contribution in [2.75, 3.05) is 5.32 Å². The van der Waals surface area contributed by atoms with E-state index in [1.54, 1.807) is 18.3 Å². The van der Waals surface area contributed by atoms with Crippen molar-refractivity contribution in [3.63, 3.8) is 0 Å². The van der Waals surface area contributed by atoms with Crippen LogP contribution >= 0.6 is 0 Å². The SMILES string of the molecule is O=C(O)c1cnccc1C(=O)Nc1cccnc1. The summed E-state index contributed by atoms with van der Waals surface area (Å²) in [5.74, 6) is -1.71. The number of carboxylic acid groups (broad SMARTS) is 1. The topological polar surface area (TPSA) is 92.2 Å². The molecule has 0 aliphatic heterocycles. The zero-order valence-corrected chi connectivity index (χ0v) is 9.20. The minimum Gasteiger partial charge on any atom is -0.478 e. The molecule has 0 aromatic carbocycles. The van der Waals surface area contributed by atoms with Crippen LogP contribution in [0.5, 0.6) is 0 Å². The highest BCUT2D eigenvalue weighted by Gasteiger charge is 2.16. The molecule has 2 rings (SSSR count). The maximum atomic E-state index is 11.9. The van der Waals surface area contributed by atoms with Crippen molar-refractivity contribution in [2.24, 2.45) is 0 Å². The molecule has 0 atom stereocenters. The third kappa shape index (κ3) is 2.49. The van der Waals surface area contributed by atoms with Crippen LogP contribution in [0.25, 0.3) is 0 Å². The van der Waals surface area contributed by atoms with Gasteiger partial charge in [0.2, 0.25) is 0 Å². The predicted octanol–water partition coefficient (Wildman–Crippen LogP) is 1.43. The first-order valence-corrected chi connectivity index (χ1v) is 5.07. The van der Waals surface area contributed by atoms with Gasteiger partial charge < -0.3 is 10.4 Å². The number of carboxylic acids is 1. The number of pyridine rings is 2. The highest BCUT2D eigenvalue weighted by atomic mass is 16.4. The Morgan fingerprint density at radius 1 is 1.06 bits per heavy atom. The van der Waals surface area contributed by atoms with E-state index >= 15 is 0 Å². The zero-order chi connectivity index (χ0) is 13.0. The summed E-state index contributed by atoms with van der Waals surface area (Å²) >= 11 is 0. The van der Waals surface area contributed by atoms with Crippen LogP contribution in [-0.2, 0) is 0 Å². The standard InChI is InChI=1S/C12H9N3O3/c16-11(15-8-2-1-4-13-6-8)9-3-5-14-7-10(9)12(17)18/h1-7H,(H,15,16)(H,17,18). The number of hydrogen-bond donors (Lipinski definition) is 2. The Morgan fingerprint density at radius 2 is 1.83 bits per heavy atom. The largest absolute Gasteiger partial charge is 0.478 e. The molecule has 0 fully saturated rings. The first kappa shape index (κ1) is 11.7. The quantitative estimate of drug-likeness (QED) is 0.850. The Balaban J connectivity index is 2.27. The Bertz CT molecular complexity index is 584. The molecule has 2 N–H and O–H groups in total. The van der Waals surface area contributed by atoms with Crippen molar-refractivity contribution in [3.8, 4) is 0 Å². The molecule has 0 aliphatic rings. The molecule has 2 heterocycles. The van der Waals surface area contributed by atoms with E-state index in [4.69, 9.17) is 5.11 Å². The minimum absolute atomic E-state index is 0.0568. The van der Waals surface area contributed by atoms with Crippen molar-refractivity contribution in [3.05, 3.63) is 54.1 Å². The fraction of sp³-hybridized carbons (Fsp3) is 0. The van der Waals surface area contributed by atoms with E-state index in [0.29, 0.717) is 5.69 Å². The van der Waals surface area contributed by atoms with Gasteiger partial charge >= 0.3 is 5.97 Å². The molecule has 0 saturated carbocycles. The van der Waals surface area contributed by atoms with Crippen LogP contribution in [0.1, 0.15) is 20.7 Å². The van der Waals surface area contributed by atoms with Gasteiger partial charge in [-0.3, -0.25) is 14.8 Å². The van der Waals surface area contributed by atoms with Gasteiger partial charge in [0, 0.05) is 18.6 Å². The van der Waals surface area contributed by atoms with E-state index in [-0.39, 0.29) is 11.1 Å². The lowest BCUT2D eigenvalue weighted by atomic mass is 10.1. The Morgan fingerprint density at radius 3 is 2.50 bits per heavy atom. The molecule has 0 saturated heterocycles. The number of carbonyl (C=O) groups excluding carboxylic acids is 1. The monoisotopic (exact) mass is 243 g/mol. The van der Waals surface area contributed by atoms with Gasteiger partial charge in [-0.2, -0.15) is 0 Å². The lowest BCUT2D eigenvalue weighted by molar-refractivity contribution is 0.0692. The van der Waals surface area contributed by atoms with Crippen molar-refractivity contribution in [1.82, 2.24) is 9.97 Å². The molecule has 6 heteroatoms. The summed E-state index contributed by atoms with van der Waals surface area (Å²) in [5.41, 5.74) is 0.413. The lowest BCUT2D eigenvalue weighted by Crippen LogP contribution is -2.16. The number of hydrogen-bond acceptors (Lipinski definition) is 4. The summed E-state index contributed by atoms with van der Waals surface area (Å²) in [6, 6.07) is 4.68. The van der Waals surface area contributed by atoms with Crippen LogP contribution in [0.3, 0.4) is 0 Å². The Labute approximate surface area is 102 Å². The van der Waals surface area contributed by atoms with Gasteiger partial charge in [0.15, 0.2) is 0 Å². The third-order valence-corrected chi connectivity index (χ3v) is 2.22. The fourth-order valence-electron chi connectivity index (χ4n) is 1.40. The predicted molar refractivity (Wildman–Crippen MR) is 63.4 cm³/mol. The van der Waals surface area contributed by atoms with E-state index in [0.717, 1.165) is 6.20 Å². The molecular formula is C12H9N3O3. The van der Waals surface area contributed by atoms with Crippen molar-refractivity contribution in [1.29, 1.82) is 0 Å². The highest BCUT2D eigenvalue weighted by molar-refractivity contribution is 6.10. The maximum Gasteiger partial charge on any atom is 0.338 e. The number of nitrogens with one attached hydrogen (secondary N) is 1. The lowest BCUT2D eigenvalue weighted by Gasteiger charge is -2.06.